The fourth-order valence-electron chi connectivity index (χ4n) is 2.08. The summed E-state index contributed by atoms with van der Waals surface area (Å²) in [7, 11) is -3.15. The zero-order valence-electron chi connectivity index (χ0n) is 10.6. The highest BCUT2D eigenvalue weighted by Crippen LogP contribution is 2.21. The van der Waals surface area contributed by atoms with Crippen LogP contribution in [-0.2, 0) is 14.6 Å². The summed E-state index contributed by atoms with van der Waals surface area (Å²) in [5.41, 5.74) is 0.536. The van der Waals surface area contributed by atoms with E-state index in [1.165, 1.54) is 12.1 Å². The maximum Gasteiger partial charge on any atom is 0.341 e. The second-order valence-corrected chi connectivity index (χ2v) is 7.11. The molecule has 104 valence electrons. The molecule has 1 unspecified atom stereocenters. The number of halogens is 1. The lowest BCUT2D eigenvalue weighted by Crippen LogP contribution is -2.24. The molecule has 2 rings (SSSR count). The molecular formula is C13H15FO4S. The SMILES string of the molecule is Cc1ccc(C(=O)OCC2CCCS2(=O)=O)c(F)c1. The standard InChI is InChI=1S/C13H15FO4S/c1-9-4-5-11(12(14)7-9)13(15)18-8-10-3-2-6-19(10,16)17/h4-5,7,10H,2-3,6,8H2,1H3. The second-order valence-electron chi connectivity index (χ2n) is 4.71. The third-order valence-corrected chi connectivity index (χ3v) is 5.45. The molecule has 19 heavy (non-hydrogen) atoms. The fourth-order valence-corrected chi connectivity index (χ4v) is 3.78. The van der Waals surface area contributed by atoms with Gasteiger partial charge in [0.15, 0.2) is 9.84 Å². The van der Waals surface area contributed by atoms with Gasteiger partial charge in [-0.1, -0.05) is 6.07 Å². The molecule has 0 saturated carbocycles. The molecule has 1 atom stereocenters. The van der Waals surface area contributed by atoms with Gasteiger partial charge in [0, 0.05) is 0 Å². The van der Waals surface area contributed by atoms with E-state index < -0.39 is 26.9 Å². The maximum atomic E-state index is 13.5. The Bertz CT molecular complexity index is 595. The minimum atomic E-state index is -3.15. The van der Waals surface area contributed by atoms with Crippen molar-refractivity contribution in [3.8, 4) is 0 Å². The lowest BCUT2D eigenvalue weighted by molar-refractivity contribution is 0.0499. The van der Waals surface area contributed by atoms with Gasteiger partial charge in [-0.3, -0.25) is 0 Å². The lowest BCUT2D eigenvalue weighted by atomic mass is 10.1. The summed E-state index contributed by atoms with van der Waals surface area (Å²) in [6.45, 7) is 1.51. The highest BCUT2D eigenvalue weighted by Gasteiger charge is 2.32. The number of carbonyl (C=O) groups is 1. The van der Waals surface area contributed by atoms with Crippen molar-refractivity contribution in [3.05, 3.63) is 35.1 Å². The predicted molar refractivity (Wildman–Crippen MR) is 68.2 cm³/mol. The Morgan fingerprint density at radius 3 is 2.79 bits per heavy atom. The maximum absolute atomic E-state index is 13.5. The number of benzene rings is 1. The molecule has 1 saturated heterocycles. The summed E-state index contributed by atoms with van der Waals surface area (Å²) in [6, 6.07) is 4.19. The third kappa shape index (κ3) is 3.12. The van der Waals surface area contributed by atoms with Crippen LogP contribution in [0.4, 0.5) is 4.39 Å². The average Bonchev–Trinajstić information content (AvgIpc) is 2.65. The minimum Gasteiger partial charge on any atom is -0.461 e. The van der Waals surface area contributed by atoms with Gasteiger partial charge in [0.1, 0.15) is 12.4 Å². The van der Waals surface area contributed by atoms with Crippen LogP contribution in [0.1, 0.15) is 28.8 Å². The van der Waals surface area contributed by atoms with Gasteiger partial charge >= 0.3 is 5.97 Å². The molecule has 0 bridgehead atoms. The summed E-state index contributed by atoms with van der Waals surface area (Å²) < 4.78 is 41.6. The predicted octanol–water partition coefficient (Wildman–Crippen LogP) is 1.87. The molecule has 6 heteroatoms. The van der Waals surface area contributed by atoms with Crippen molar-refractivity contribution < 1.29 is 22.3 Å². The zero-order valence-corrected chi connectivity index (χ0v) is 11.4. The van der Waals surface area contributed by atoms with Crippen LogP contribution in [0.15, 0.2) is 18.2 Å². The van der Waals surface area contributed by atoms with Crippen LogP contribution in [0.25, 0.3) is 0 Å². The van der Waals surface area contributed by atoms with Crippen molar-refractivity contribution in [2.24, 2.45) is 0 Å². The van der Waals surface area contributed by atoms with Crippen LogP contribution < -0.4 is 0 Å². The first kappa shape index (κ1) is 14.0. The average molecular weight is 286 g/mol. The smallest absolute Gasteiger partial charge is 0.341 e. The molecule has 1 aromatic carbocycles. The number of sulfone groups is 1. The van der Waals surface area contributed by atoms with E-state index in [1.807, 2.05) is 0 Å². The van der Waals surface area contributed by atoms with Crippen LogP contribution in [0.5, 0.6) is 0 Å². The Kier molecular flexibility index (Phi) is 3.89. The molecule has 1 aromatic rings. The summed E-state index contributed by atoms with van der Waals surface area (Å²) >= 11 is 0. The van der Waals surface area contributed by atoms with Crippen molar-refractivity contribution >= 4 is 15.8 Å². The number of esters is 1. The van der Waals surface area contributed by atoms with E-state index in [2.05, 4.69) is 0 Å². The fraction of sp³-hybridized carbons (Fsp3) is 0.462. The van der Waals surface area contributed by atoms with E-state index in [0.717, 1.165) is 0 Å². The molecule has 0 spiro atoms. The van der Waals surface area contributed by atoms with Gasteiger partial charge in [-0.2, -0.15) is 0 Å². The van der Waals surface area contributed by atoms with Crippen LogP contribution in [0.2, 0.25) is 0 Å². The van der Waals surface area contributed by atoms with E-state index in [4.69, 9.17) is 4.74 Å². The van der Waals surface area contributed by atoms with E-state index in [-0.39, 0.29) is 17.9 Å². The molecule has 0 aromatic heterocycles. The number of rotatable bonds is 3. The van der Waals surface area contributed by atoms with Gasteiger partial charge in [0.05, 0.1) is 16.6 Å². The van der Waals surface area contributed by atoms with E-state index in [0.29, 0.717) is 18.4 Å². The Morgan fingerprint density at radius 2 is 2.21 bits per heavy atom. The summed E-state index contributed by atoms with van der Waals surface area (Å²) in [5.74, 6) is -1.34. The first-order valence-electron chi connectivity index (χ1n) is 6.05. The van der Waals surface area contributed by atoms with Crippen LogP contribution >= 0.6 is 0 Å². The molecule has 0 radical (unpaired) electrons. The van der Waals surface area contributed by atoms with Crippen LogP contribution in [0.3, 0.4) is 0 Å². The molecule has 4 nitrogen and oxygen atoms in total. The zero-order chi connectivity index (χ0) is 14.0. The van der Waals surface area contributed by atoms with Crippen molar-refractivity contribution in [1.82, 2.24) is 0 Å². The number of ether oxygens (including phenoxy) is 1. The largest absolute Gasteiger partial charge is 0.461 e. The Labute approximate surface area is 111 Å². The summed E-state index contributed by atoms with van der Waals surface area (Å²) in [5, 5.41) is -0.648. The Balaban J connectivity index is 2.02. The molecule has 0 aliphatic carbocycles. The summed E-state index contributed by atoms with van der Waals surface area (Å²) in [6.07, 6.45) is 1.08. The Morgan fingerprint density at radius 1 is 1.47 bits per heavy atom. The molecule has 1 aliphatic heterocycles. The molecule has 1 fully saturated rings. The first-order chi connectivity index (χ1) is 8.90. The van der Waals surface area contributed by atoms with E-state index >= 15 is 0 Å². The Hall–Kier alpha value is -1.43. The minimum absolute atomic E-state index is 0.133. The third-order valence-electron chi connectivity index (χ3n) is 3.21. The highest BCUT2D eigenvalue weighted by molar-refractivity contribution is 7.92. The van der Waals surface area contributed by atoms with Crippen molar-refractivity contribution in [2.75, 3.05) is 12.4 Å². The summed E-state index contributed by atoms with van der Waals surface area (Å²) in [4.78, 5) is 11.7. The lowest BCUT2D eigenvalue weighted by Gasteiger charge is -2.10. The van der Waals surface area contributed by atoms with Crippen molar-refractivity contribution in [2.45, 2.75) is 25.0 Å². The molecule has 1 aliphatic rings. The van der Waals surface area contributed by atoms with Gasteiger partial charge in [-0.15, -0.1) is 0 Å². The quantitative estimate of drug-likeness (QED) is 0.796. The highest BCUT2D eigenvalue weighted by atomic mass is 32.2. The van der Waals surface area contributed by atoms with E-state index in [9.17, 15) is 17.6 Å². The van der Waals surface area contributed by atoms with Crippen molar-refractivity contribution in [1.29, 1.82) is 0 Å². The second kappa shape index (κ2) is 5.28. The van der Waals surface area contributed by atoms with Gasteiger partial charge in [-0.05, 0) is 37.5 Å². The number of carbonyl (C=O) groups excluding carboxylic acids is 1. The van der Waals surface area contributed by atoms with Gasteiger partial charge in [0.25, 0.3) is 0 Å². The number of hydrogen-bond acceptors (Lipinski definition) is 4. The number of hydrogen-bond donors (Lipinski definition) is 0. The molecular weight excluding hydrogens is 271 g/mol. The molecule has 0 N–H and O–H groups in total. The monoisotopic (exact) mass is 286 g/mol. The first-order valence-corrected chi connectivity index (χ1v) is 7.76. The van der Waals surface area contributed by atoms with Crippen molar-refractivity contribution in [3.63, 3.8) is 0 Å². The van der Waals surface area contributed by atoms with E-state index in [1.54, 1.807) is 13.0 Å². The topological polar surface area (TPSA) is 60.4 Å². The van der Waals surface area contributed by atoms with Gasteiger partial charge in [-0.25, -0.2) is 17.6 Å². The van der Waals surface area contributed by atoms with Crippen LogP contribution in [0, 0.1) is 12.7 Å². The molecule has 0 amide bonds. The number of aryl methyl sites for hydroxylation is 1. The normalized spacial score (nSPS) is 21.3. The van der Waals surface area contributed by atoms with Gasteiger partial charge in [0.2, 0.25) is 0 Å². The van der Waals surface area contributed by atoms with Gasteiger partial charge < -0.3 is 4.74 Å². The van der Waals surface area contributed by atoms with Crippen LogP contribution in [-0.4, -0.2) is 32.0 Å². The molecule has 1 heterocycles.